The fraction of sp³-hybridized carbons (Fsp3) is 0.909. The number of nitrogens with zero attached hydrogens (tertiary/aromatic N) is 1. The summed E-state index contributed by atoms with van der Waals surface area (Å²) in [4.78, 5) is 13.7. The van der Waals surface area contributed by atoms with Crippen molar-refractivity contribution in [3.8, 4) is 0 Å². The molecule has 0 aromatic heterocycles. The third kappa shape index (κ3) is 4.18. The van der Waals surface area contributed by atoms with E-state index in [9.17, 15) is 4.79 Å². The zero-order chi connectivity index (χ0) is 11.1. The topological polar surface area (TPSA) is 52.6 Å². The average molecular weight is 214 g/mol. The monoisotopic (exact) mass is 214 g/mol. The molecule has 0 aliphatic carbocycles. The van der Waals surface area contributed by atoms with Crippen molar-refractivity contribution in [2.24, 2.45) is 0 Å². The highest BCUT2D eigenvalue weighted by Crippen LogP contribution is 2.15. The SMILES string of the molecule is CCN1CCCC1CNC(=O)CCCO. The molecule has 15 heavy (non-hydrogen) atoms. The molecule has 1 saturated heterocycles. The van der Waals surface area contributed by atoms with Crippen molar-refractivity contribution in [2.45, 2.75) is 38.6 Å². The molecule has 0 spiro atoms. The Bertz CT molecular complexity index is 197. The molecule has 4 nitrogen and oxygen atoms in total. The summed E-state index contributed by atoms with van der Waals surface area (Å²) < 4.78 is 0. The largest absolute Gasteiger partial charge is 0.396 e. The first kappa shape index (κ1) is 12.5. The van der Waals surface area contributed by atoms with Crippen molar-refractivity contribution in [3.63, 3.8) is 0 Å². The van der Waals surface area contributed by atoms with E-state index in [0.29, 0.717) is 18.9 Å². The molecule has 1 unspecified atom stereocenters. The number of carbonyl (C=O) groups is 1. The fourth-order valence-corrected chi connectivity index (χ4v) is 2.10. The maximum atomic E-state index is 11.3. The molecule has 2 N–H and O–H groups in total. The average Bonchev–Trinajstić information content (AvgIpc) is 2.70. The third-order valence-electron chi connectivity index (χ3n) is 3.00. The lowest BCUT2D eigenvalue weighted by atomic mass is 10.2. The van der Waals surface area contributed by atoms with Gasteiger partial charge in [0.1, 0.15) is 0 Å². The number of aliphatic hydroxyl groups is 1. The second-order valence-electron chi connectivity index (χ2n) is 4.06. The number of likely N-dealkylation sites (N-methyl/N-ethyl adjacent to an activating group) is 1. The van der Waals surface area contributed by atoms with Crippen molar-refractivity contribution in [1.29, 1.82) is 0 Å². The molecule has 0 bridgehead atoms. The van der Waals surface area contributed by atoms with Crippen LogP contribution in [0.5, 0.6) is 0 Å². The molecule has 1 rings (SSSR count). The molecule has 1 amide bonds. The number of hydrogen-bond donors (Lipinski definition) is 2. The van der Waals surface area contributed by atoms with Crippen molar-refractivity contribution in [3.05, 3.63) is 0 Å². The van der Waals surface area contributed by atoms with Gasteiger partial charge in [0.05, 0.1) is 0 Å². The lowest BCUT2D eigenvalue weighted by Crippen LogP contribution is -2.40. The number of likely N-dealkylation sites (tertiary alicyclic amines) is 1. The lowest BCUT2D eigenvalue weighted by Gasteiger charge is -2.22. The Balaban J connectivity index is 2.15. The van der Waals surface area contributed by atoms with Crippen LogP contribution in [-0.2, 0) is 4.79 Å². The number of rotatable bonds is 6. The van der Waals surface area contributed by atoms with Crippen molar-refractivity contribution in [1.82, 2.24) is 10.2 Å². The number of nitrogens with one attached hydrogen (secondary N) is 1. The van der Waals surface area contributed by atoms with E-state index in [1.54, 1.807) is 0 Å². The third-order valence-corrected chi connectivity index (χ3v) is 3.00. The Hall–Kier alpha value is -0.610. The summed E-state index contributed by atoms with van der Waals surface area (Å²) in [6.07, 6.45) is 3.43. The second-order valence-corrected chi connectivity index (χ2v) is 4.06. The number of aliphatic hydroxyl groups excluding tert-OH is 1. The lowest BCUT2D eigenvalue weighted by molar-refractivity contribution is -0.121. The summed E-state index contributed by atoms with van der Waals surface area (Å²) in [7, 11) is 0. The fourth-order valence-electron chi connectivity index (χ4n) is 2.10. The molecule has 88 valence electrons. The van der Waals surface area contributed by atoms with Crippen molar-refractivity contribution >= 4 is 5.91 Å². The Kier molecular flexibility index (Phi) is 5.65. The van der Waals surface area contributed by atoms with Crippen LogP contribution in [0.2, 0.25) is 0 Å². The summed E-state index contributed by atoms with van der Waals surface area (Å²) in [6.45, 7) is 5.24. The van der Waals surface area contributed by atoms with Crippen molar-refractivity contribution in [2.75, 3.05) is 26.2 Å². The van der Waals surface area contributed by atoms with Crippen LogP contribution in [0.15, 0.2) is 0 Å². The first-order valence-corrected chi connectivity index (χ1v) is 5.89. The molecule has 1 fully saturated rings. The van der Waals surface area contributed by atoms with Crippen molar-refractivity contribution < 1.29 is 9.90 Å². The molecule has 0 aromatic carbocycles. The molecular weight excluding hydrogens is 192 g/mol. The highest BCUT2D eigenvalue weighted by atomic mass is 16.3. The predicted molar refractivity (Wildman–Crippen MR) is 59.6 cm³/mol. The molecule has 0 aromatic rings. The Morgan fingerprint density at radius 2 is 2.40 bits per heavy atom. The van der Waals surface area contributed by atoms with Gasteiger partial charge < -0.3 is 10.4 Å². The van der Waals surface area contributed by atoms with E-state index in [0.717, 1.165) is 19.6 Å². The first-order valence-electron chi connectivity index (χ1n) is 5.89. The van der Waals surface area contributed by atoms with E-state index in [2.05, 4.69) is 17.1 Å². The van der Waals surface area contributed by atoms with Gasteiger partial charge in [-0.05, 0) is 32.4 Å². The van der Waals surface area contributed by atoms with Gasteiger partial charge in [-0.1, -0.05) is 6.92 Å². The van der Waals surface area contributed by atoms with E-state index in [1.807, 2.05) is 0 Å². The minimum absolute atomic E-state index is 0.0620. The van der Waals surface area contributed by atoms with E-state index < -0.39 is 0 Å². The number of carbonyl (C=O) groups excluding carboxylic acids is 1. The summed E-state index contributed by atoms with van der Waals surface area (Å²) in [5.41, 5.74) is 0. The second kappa shape index (κ2) is 6.80. The summed E-state index contributed by atoms with van der Waals surface area (Å²) in [5, 5.41) is 11.5. The van der Waals surface area contributed by atoms with E-state index in [4.69, 9.17) is 5.11 Å². The molecule has 1 aliphatic heterocycles. The quantitative estimate of drug-likeness (QED) is 0.671. The van der Waals surface area contributed by atoms with Crippen LogP contribution in [-0.4, -0.2) is 48.2 Å². The maximum Gasteiger partial charge on any atom is 0.220 e. The van der Waals surface area contributed by atoms with Crippen LogP contribution in [0, 0.1) is 0 Å². The number of amides is 1. The summed E-state index contributed by atoms with van der Waals surface area (Å²) in [6, 6.07) is 0.521. The molecule has 1 aliphatic rings. The van der Waals surface area contributed by atoms with Crippen LogP contribution >= 0.6 is 0 Å². The summed E-state index contributed by atoms with van der Waals surface area (Å²) >= 11 is 0. The van der Waals surface area contributed by atoms with Crippen LogP contribution < -0.4 is 5.32 Å². The smallest absolute Gasteiger partial charge is 0.220 e. The van der Waals surface area contributed by atoms with Crippen LogP contribution in [0.1, 0.15) is 32.6 Å². The molecule has 4 heteroatoms. The minimum atomic E-state index is 0.0620. The van der Waals surface area contributed by atoms with E-state index in [-0.39, 0.29) is 12.5 Å². The molecule has 1 heterocycles. The highest BCUT2D eigenvalue weighted by Gasteiger charge is 2.22. The van der Waals surface area contributed by atoms with E-state index in [1.165, 1.54) is 12.8 Å². The zero-order valence-electron chi connectivity index (χ0n) is 9.54. The van der Waals surface area contributed by atoms with Gasteiger partial charge in [-0.15, -0.1) is 0 Å². The van der Waals surface area contributed by atoms with Crippen LogP contribution in [0.3, 0.4) is 0 Å². The Morgan fingerprint density at radius 3 is 3.07 bits per heavy atom. The van der Waals surface area contributed by atoms with E-state index >= 15 is 0 Å². The first-order chi connectivity index (χ1) is 7.27. The van der Waals surface area contributed by atoms with Gasteiger partial charge in [0.15, 0.2) is 0 Å². The highest BCUT2D eigenvalue weighted by molar-refractivity contribution is 5.75. The van der Waals surface area contributed by atoms with Gasteiger partial charge >= 0.3 is 0 Å². The Labute approximate surface area is 91.6 Å². The predicted octanol–water partition coefficient (Wildman–Crippen LogP) is 0.359. The minimum Gasteiger partial charge on any atom is -0.396 e. The van der Waals surface area contributed by atoms with Gasteiger partial charge in [0, 0.05) is 25.6 Å². The maximum absolute atomic E-state index is 11.3. The summed E-state index contributed by atoms with van der Waals surface area (Å²) in [5.74, 6) is 0.0620. The Morgan fingerprint density at radius 1 is 1.60 bits per heavy atom. The van der Waals surface area contributed by atoms with Gasteiger partial charge in [0.25, 0.3) is 0 Å². The normalized spacial score (nSPS) is 21.9. The standard InChI is InChI=1S/C11H22N2O2/c1-2-13-7-3-5-10(13)9-12-11(15)6-4-8-14/h10,14H,2-9H2,1H3,(H,12,15). The van der Waals surface area contributed by atoms with Gasteiger partial charge in [0.2, 0.25) is 5.91 Å². The molecule has 0 saturated carbocycles. The molecule has 1 atom stereocenters. The van der Waals surface area contributed by atoms with Crippen LogP contribution in [0.4, 0.5) is 0 Å². The molecular formula is C11H22N2O2. The molecule has 0 radical (unpaired) electrons. The zero-order valence-corrected chi connectivity index (χ0v) is 9.54. The van der Waals surface area contributed by atoms with Gasteiger partial charge in [-0.3, -0.25) is 9.69 Å². The van der Waals surface area contributed by atoms with Crippen LogP contribution in [0.25, 0.3) is 0 Å². The van der Waals surface area contributed by atoms with Gasteiger partial charge in [-0.2, -0.15) is 0 Å². The number of hydrogen-bond acceptors (Lipinski definition) is 3. The van der Waals surface area contributed by atoms with Gasteiger partial charge in [-0.25, -0.2) is 0 Å².